The van der Waals surface area contributed by atoms with Gasteiger partial charge < -0.3 is 9.33 Å². The second-order valence-corrected chi connectivity index (χ2v) is 16.6. The van der Waals surface area contributed by atoms with Gasteiger partial charge in [-0.15, -0.1) is 0 Å². The summed E-state index contributed by atoms with van der Waals surface area (Å²) >= 11 is 0. The summed E-state index contributed by atoms with van der Waals surface area (Å²) in [6, 6.07) is 31.3. The molecule has 3 aromatic rings. The highest BCUT2D eigenvalue weighted by molar-refractivity contribution is 6.74. The van der Waals surface area contributed by atoms with Crippen LogP contribution in [0.3, 0.4) is 0 Å². The number of amides is 1. The molecule has 1 fully saturated rings. The van der Waals surface area contributed by atoms with Gasteiger partial charge in [-0.3, -0.25) is 4.79 Å². The van der Waals surface area contributed by atoms with Crippen molar-refractivity contribution in [3.05, 3.63) is 108 Å². The molecule has 4 atom stereocenters. The molecule has 0 saturated heterocycles. The van der Waals surface area contributed by atoms with Crippen molar-refractivity contribution in [3.63, 3.8) is 0 Å². The van der Waals surface area contributed by atoms with E-state index in [2.05, 4.69) is 114 Å². The highest BCUT2D eigenvalue weighted by Gasteiger charge is 2.57. The molecule has 0 unspecified atom stereocenters. The van der Waals surface area contributed by atoms with E-state index in [9.17, 15) is 4.79 Å². The van der Waals surface area contributed by atoms with E-state index in [1.54, 1.807) is 0 Å². The van der Waals surface area contributed by atoms with Crippen molar-refractivity contribution in [2.45, 2.75) is 69.8 Å². The Morgan fingerprint density at radius 3 is 1.64 bits per heavy atom. The maximum atomic E-state index is 14.1. The first-order valence-corrected chi connectivity index (χ1v) is 16.0. The normalized spacial score (nSPS) is 21.5. The van der Waals surface area contributed by atoms with E-state index >= 15 is 0 Å². The van der Waals surface area contributed by atoms with Crippen LogP contribution in [0.1, 0.15) is 62.3 Å². The van der Waals surface area contributed by atoms with Crippen molar-refractivity contribution < 1.29 is 9.22 Å². The molecular formula is C32H41NO2Si. The third-order valence-electron chi connectivity index (χ3n) is 8.43. The van der Waals surface area contributed by atoms with Gasteiger partial charge in [0.2, 0.25) is 5.91 Å². The molecule has 0 aromatic heterocycles. The number of rotatable bonds is 8. The zero-order chi connectivity index (χ0) is 26.1. The molecule has 190 valence electrons. The predicted molar refractivity (Wildman–Crippen MR) is 152 cm³/mol. The smallest absolute Gasteiger partial charge is 0.227 e. The van der Waals surface area contributed by atoms with Crippen molar-refractivity contribution in [1.29, 1.82) is 0 Å². The fourth-order valence-corrected chi connectivity index (χ4v) is 6.34. The minimum atomic E-state index is -2.08. The molecule has 1 aliphatic rings. The van der Waals surface area contributed by atoms with Crippen LogP contribution in [0, 0.1) is 5.92 Å². The molecule has 4 heteroatoms. The third kappa shape index (κ3) is 5.35. The first-order valence-electron chi connectivity index (χ1n) is 13.1. The molecule has 0 aliphatic heterocycles. The van der Waals surface area contributed by atoms with E-state index in [4.69, 9.17) is 4.43 Å². The van der Waals surface area contributed by atoms with E-state index in [1.165, 1.54) is 11.1 Å². The van der Waals surface area contributed by atoms with Crippen LogP contribution in [0.25, 0.3) is 0 Å². The lowest BCUT2D eigenvalue weighted by Gasteiger charge is -2.43. The highest BCUT2D eigenvalue weighted by Crippen LogP contribution is 2.61. The van der Waals surface area contributed by atoms with E-state index in [0.29, 0.717) is 0 Å². The van der Waals surface area contributed by atoms with Gasteiger partial charge in [-0.2, -0.15) is 0 Å². The maximum Gasteiger partial charge on any atom is 0.227 e. The number of benzene rings is 3. The van der Waals surface area contributed by atoms with Crippen molar-refractivity contribution in [2.75, 3.05) is 7.05 Å². The second-order valence-electron chi connectivity index (χ2n) is 11.8. The zero-order valence-electron chi connectivity index (χ0n) is 22.8. The molecule has 3 nitrogen and oxygen atoms in total. The van der Waals surface area contributed by atoms with Gasteiger partial charge in [0.05, 0.1) is 18.1 Å². The quantitative estimate of drug-likeness (QED) is 0.296. The Balaban J connectivity index is 1.63. The minimum Gasteiger partial charge on any atom is -0.408 e. The molecule has 1 aliphatic carbocycles. The van der Waals surface area contributed by atoms with Gasteiger partial charge in [-0.1, -0.05) is 112 Å². The van der Waals surface area contributed by atoms with Crippen molar-refractivity contribution in [2.24, 2.45) is 5.92 Å². The average Bonchev–Trinajstić information content (AvgIpc) is 3.63. The van der Waals surface area contributed by atoms with Gasteiger partial charge in [0.15, 0.2) is 8.32 Å². The van der Waals surface area contributed by atoms with Crippen LogP contribution >= 0.6 is 0 Å². The molecule has 0 bridgehead atoms. The number of hydrogen-bond donors (Lipinski definition) is 0. The number of carbonyl (C=O) groups is 1. The molecule has 36 heavy (non-hydrogen) atoms. The van der Waals surface area contributed by atoms with Crippen LogP contribution in [0.5, 0.6) is 0 Å². The Labute approximate surface area is 218 Å². The lowest BCUT2D eigenvalue weighted by Crippen LogP contribution is -2.48. The zero-order valence-corrected chi connectivity index (χ0v) is 23.8. The van der Waals surface area contributed by atoms with Gasteiger partial charge in [-0.25, -0.2) is 0 Å². The van der Waals surface area contributed by atoms with Gasteiger partial charge in [0.25, 0.3) is 0 Å². The molecule has 0 heterocycles. The van der Waals surface area contributed by atoms with E-state index in [-0.39, 0.29) is 40.8 Å². The molecule has 0 spiro atoms. The van der Waals surface area contributed by atoms with Gasteiger partial charge in [-0.05, 0) is 41.7 Å². The second kappa shape index (κ2) is 10.4. The summed E-state index contributed by atoms with van der Waals surface area (Å²) in [5.41, 5.74) is 3.61. The Morgan fingerprint density at radius 2 is 1.22 bits per heavy atom. The van der Waals surface area contributed by atoms with Crippen LogP contribution in [0.4, 0.5) is 0 Å². The van der Waals surface area contributed by atoms with Crippen LogP contribution in [-0.4, -0.2) is 32.2 Å². The Hall–Kier alpha value is -2.69. The SMILES string of the molecule is C[C@H]([C@H](O[Si](C)(C)C(C)(C)C)c1ccccc1)N(C)C(=O)C1[C@H](c2ccccc2)[C@H]1c1ccccc1. The summed E-state index contributed by atoms with van der Waals surface area (Å²) < 4.78 is 6.99. The fraction of sp³-hybridized carbons (Fsp3) is 0.406. The van der Waals surface area contributed by atoms with Crippen LogP contribution in [0.2, 0.25) is 18.1 Å². The summed E-state index contributed by atoms with van der Waals surface area (Å²) in [4.78, 5) is 16.0. The molecule has 3 aromatic carbocycles. The van der Waals surface area contributed by atoms with Crippen molar-refractivity contribution in [3.8, 4) is 0 Å². The standard InChI is InChI=1S/C32H41NO2Si/c1-23(30(26-21-15-10-16-22-26)35-36(6,7)32(2,3)4)33(5)31(34)29-27(24-17-11-8-12-18-24)28(29)25-19-13-9-14-20-25/h8-23,27-30H,1-7H3/t23-,27-,28-,30+/m1/s1. The topological polar surface area (TPSA) is 29.5 Å². The summed E-state index contributed by atoms with van der Waals surface area (Å²) in [5.74, 6) is 0.538. The molecule has 1 amide bonds. The Bertz CT molecular complexity index is 1100. The van der Waals surface area contributed by atoms with Crippen molar-refractivity contribution >= 4 is 14.2 Å². The molecular weight excluding hydrogens is 458 g/mol. The summed E-state index contributed by atoms with van der Waals surface area (Å²) in [7, 11) is -0.117. The van der Waals surface area contributed by atoms with E-state index in [0.717, 1.165) is 5.56 Å². The number of carbonyl (C=O) groups excluding carboxylic acids is 1. The van der Waals surface area contributed by atoms with Gasteiger partial charge in [0, 0.05) is 18.9 Å². The monoisotopic (exact) mass is 499 g/mol. The van der Waals surface area contributed by atoms with Gasteiger partial charge in [0.1, 0.15) is 0 Å². The van der Waals surface area contributed by atoms with E-state index in [1.807, 2.05) is 30.1 Å². The summed E-state index contributed by atoms with van der Waals surface area (Å²) in [6.07, 6.45) is -0.176. The van der Waals surface area contributed by atoms with E-state index < -0.39 is 8.32 Å². The Kier molecular flexibility index (Phi) is 7.58. The summed E-state index contributed by atoms with van der Waals surface area (Å²) in [5, 5.41) is 0.0790. The molecule has 4 rings (SSSR count). The number of likely N-dealkylation sites (N-methyl/N-ethyl adjacent to an activating group) is 1. The number of nitrogens with zero attached hydrogens (tertiary/aromatic N) is 1. The molecule has 1 saturated carbocycles. The van der Waals surface area contributed by atoms with Crippen LogP contribution in [0.15, 0.2) is 91.0 Å². The highest BCUT2D eigenvalue weighted by atomic mass is 28.4. The summed E-state index contributed by atoms with van der Waals surface area (Å²) in [6.45, 7) is 13.5. The maximum absolute atomic E-state index is 14.1. The largest absolute Gasteiger partial charge is 0.408 e. The molecule has 0 radical (unpaired) electrons. The predicted octanol–water partition coefficient (Wildman–Crippen LogP) is 7.79. The van der Waals surface area contributed by atoms with Crippen LogP contribution in [-0.2, 0) is 9.22 Å². The molecule has 0 N–H and O–H groups in total. The number of hydrogen-bond acceptors (Lipinski definition) is 2. The first-order chi connectivity index (χ1) is 17.0. The average molecular weight is 500 g/mol. The van der Waals surface area contributed by atoms with Crippen LogP contribution < -0.4 is 0 Å². The van der Waals surface area contributed by atoms with Gasteiger partial charge >= 0.3 is 0 Å². The minimum absolute atomic E-state index is 0.0634. The van der Waals surface area contributed by atoms with Crippen molar-refractivity contribution in [1.82, 2.24) is 4.90 Å². The third-order valence-corrected chi connectivity index (χ3v) is 12.9. The first kappa shape index (κ1) is 26.4. The fourth-order valence-electron chi connectivity index (χ4n) is 5.02. The lowest BCUT2D eigenvalue weighted by molar-refractivity contribution is -0.135. The lowest BCUT2D eigenvalue weighted by atomic mass is 10.0. The Morgan fingerprint density at radius 1 is 0.806 bits per heavy atom.